The van der Waals surface area contributed by atoms with E-state index in [4.69, 9.17) is 9.47 Å². The van der Waals surface area contributed by atoms with E-state index in [2.05, 4.69) is 11.6 Å². The molecule has 0 fully saturated rings. The Morgan fingerprint density at radius 1 is 1.38 bits per heavy atom. The first-order valence-electron chi connectivity index (χ1n) is 4.16. The Kier molecular flexibility index (Phi) is 5.68. The molecule has 0 bridgehead atoms. The van der Waals surface area contributed by atoms with E-state index >= 15 is 0 Å². The van der Waals surface area contributed by atoms with Gasteiger partial charge in [0, 0.05) is 5.71 Å². The Bertz CT molecular complexity index is 229. The molecule has 13 heavy (non-hydrogen) atoms. The van der Waals surface area contributed by atoms with Crippen LogP contribution >= 0.6 is 0 Å². The molecule has 0 aromatic heterocycles. The summed E-state index contributed by atoms with van der Waals surface area (Å²) >= 11 is 0. The van der Waals surface area contributed by atoms with Crippen LogP contribution in [0.3, 0.4) is 0 Å². The molecule has 0 aliphatic rings. The van der Waals surface area contributed by atoms with Crippen LogP contribution in [0.25, 0.3) is 0 Å². The van der Waals surface area contributed by atoms with Crippen LogP contribution in [-0.2, 0) is 9.47 Å². The Balaban J connectivity index is 4.48. The first-order valence-corrected chi connectivity index (χ1v) is 4.16. The summed E-state index contributed by atoms with van der Waals surface area (Å²) in [5.41, 5.74) is 1.04. The van der Waals surface area contributed by atoms with Crippen molar-refractivity contribution in [1.29, 1.82) is 0 Å². The van der Waals surface area contributed by atoms with E-state index < -0.39 is 0 Å². The summed E-state index contributed by atoms with van der Waals surface area (Å²) in [6.45, 7) is 7.67. The predicted molar refractivity (Wildman–Crippen MR) is 54.6 cm³/mol. The van der Waals surface area contributed by atoms with E-state index in [0.29, 0.717) is 11.5 Å². The van der Waals surface area contributed by atoms with Crippen molar-refractivity contribution in [2.24, 2.45) is 4.99 Å². The molecular weight excluding hydrogens is 166 g/mol. The normalized spacial score (nSPS) is 12.6. The Labute approximate surface area is 79.8 Å². The van der Waals surface area contributed by atoms with Gasteiger partial charge in [-0.15, -0.1) is 0 Å². The molecule has 0 unspecified atom stereocenters. The minimum absolute atomic E-state index is 0.482. The van der Waals surface area contributed by atoms with Crippen molar-refractivity contribution >= 4 is 5.71 Å². The van der Waals surface area contributed by atoms with Gasteiger partial charge in [0.05, 0.1) is 20.4 Å². The average Bonchev–Trinajstić information content (AvgIpc) is 2.17. The van der Waals surface area contributed by atoms with Gasteiger partial charge in [-0.1, -0.05) is 13.5 Å². The Hall–Kier alpha value is -1.25. The van der Waals surface area contributed by atoms with Crippen LogP contribution in [0.15, 0.2) is 29.3 Å². The maximum absolute atomic E-state index is 5.03. The van der Waals surface area contributed by atoms with Gasteiger partial charge in [-0.05, 0) is 13.3 Å². The third-order valence-corrected chi connectivity index (χ3v) is 1.65. The van der Waals surface area contributed by atoms with Gasteiger partial charge < -0.3 is 9.47 Å². The van der Waals surface area contributed by atoms with Gasteiger partial charge in [-0.2, -0.15) is 0 Å². The van der Waals surface area contributed by atoms with Gasteiger partial charge in [-0.3, -0.25) is 4.99 Å². The molecule has 0 N–H and O–H groups in total. The van der Waals surface area contributed by atoms with Crippen molar-refractivity contribution in [1.82, 2.24) is 0 Å². The second-order valence-corrected chi connectivity index (χ2v) is 2.54. The first kappa shape index (κ1) is 11.8. The van der Waals surface area contributed by atoms with Crippen LogP contribution in [0.5, 0.6) is 0 Å². The molecule has 3 heteroatoms. The lowest BCUT2D eigenvalue weighted by Crippen LogP contribution is -1.94. The van der Waals surface area contributed by atoms with Gasteiger partial charge in [-0.25, -0.2) is 0 Å². The number of nitrogens with zero attached hydrogens (tertiary/aromatic N) is 1. The van der Waals surface area contributed by atoms with Crippen molar-refractivity contribution in [3.8, 4) is 0 Å². The molecule has 3 nitrogen and oxygen atoms in total. The zero-order valence-corrected chi connectivity index (χ0v) is 8.76. The molecule has 0 aliphatic carbocycles. The molecule has 0 atom stereocenters. The fraction of sp³-hybridized carbons (Fsp3) is 0.500. The molecule has 0 rings (SSSR count). The van der Waals surface area contributed by atoms with Crippen LogP contribution in [-0.4, -0.2) is 19.9 Å². The van der Waals surface area contributed by atoms with Gasteiger partial charge >= 0.3 is 0 Å². The van der Waals surface area contributed by atoms with Crippen LogP contribution in [0.4, 0.5) is 0 Å². The third kappa shape index (κ3) is 4.35. The summed E-state index contributed by atoms with van der Waals surface area (Å²) < 4.78 is 9.94. The van der Waals surface area contributed by atoms with Crippen molar-refractivity contribution in [2.75, 3.05) is 14.2 Å². The lowest BCUT2D eigenvalue weighted by molar-refractivity contribution is 0.221. The number of rotatable bonds is 5. The summed E-state index contributed by atoms with van der Waals surface area (Å²) in [6.07, 6.45) is 2.54. The maximum Gasteiger partial charge on any atom is 0.178 e. The third-order valence-electron chi connectivity index (χ3n) is 1.65. The zero-order chi connectivity index (χ0) is 10.3. The number of hydrogen-bond donors (Lipinski definition) is 0. The topological polar surface area (TPSA) is 30.8 Å². The fourth-order valence-corrected chi connectivity index (χ4v) is 0.599. The van der Waals surface area contributed by atoms with E-state index in [-0.39, 0.29) is 0 Å². The van der Waals surface area contributed by atoms with E-state index in [1.54, 1.807) is 20.4 Å². The second-order valence-electron chi connectivity index (χ2n) is 2.54. The highest BCUT2D eigenvalue weighted by Crippen LogP contribution is 2.08. The fourth-order valence-electron chi connectivity index (χ4n) is 0.599. The van der Waals surface area contributed by atoms with Crippen molar-refractivity contribution < 1.29 is 9.47 Å². The molecule has 0 heterocycles. The molecule has 0 amide bonds. The van der Waals surface area contributed by atoms with Crippen molar-refractivity contribution in [3.63, 3.8) is 0 Å². The second kappa shape index (κ2) is 6.29. The summed E-state index contributed by atoms with van der Waals surface area (Å²) in [5.74, 6) is 1.03. The molecule has 0 aromatic carbocycles. The van der Waals surface area contributed by atoms with E-state index in [9.17, 15) is 0 Å². The minimum Gasteiger partial charge on any atom is -0.493 e. The van der Waals surface area contributed by atoms with E-state index in [0.717, 1.165) is 12.1 Å². The zero-order valence-electron chi connectivity index (χ0n) is 8.76. The minimum atomic E-state index is 0.482. The largest absolute Gasteiger partial charge is 0.493 e. The summed E-state index contributed by atoms with van der Waals surface area (Å²) in [6, 6.07) is 0. The van der Waals surface area contributed by atoms with Crippen LogP contribution in [0, 0.1) is 0 Å². The molecule has 0 spiro atoms. The quantitative estimate of drug-likeness (QED) is 0.372. The van der Waals surface area contributed by atoms with E-state index in [1.807, 2.05) is 13.8 Å². The number of hydrogen-bond acceptors (Lipinski definition) is 3. The lowest BCUT2D eigenvalue weighted by Gasteiger charge is -2.06. The smallest absolute Gasteiger partial charge is 0.178 e. The van der Waals surface area contributed by atoms with Gasteiger partial charge in [0.1, 0.15) is 0 Å². The highest BCUT2D eigenvalue weighted by molar-refractivity contribution is 5.82. The number of ether oxygens (including phenoxy) is 2. The average molecular weight is 183 g/mol. The first-order chi connectivity index (χ1) is 6.15. The Morgan fingerprint density at radius 3 is 2.38 bits per heavy atom. The van der Waals surface area contributed by atoms with Gasteiger partial charge in [0.2, 0.25) is 0 Å². The molecule has 74 valence electrons. The predicted octanol–water partition coefficient (Wildman–Crippen LogP) is 2.51. The van der Waals surface area contributed by atoms with Crippen LogP contribution in [0.1, 0.15) is 20.3 Å². The Morgan fingerprint density at radius 2 is 2.00 bits per heavy atom. The van der Waals surface area contributed by atoms with E-state index in [1.165, 1.54) is 0 Å². The lowest BCUT2D eigenvalue weighted by atomic mass is 10.3. The highest BCUT2D eigenvalue weighted by atomic mass is 16.5. The monoisotopic (exact) mass is 183 g/mol. The van der Waals surface area contributed by atoms with Crippen LogP contribution < -0.4 is 0 Å². The SMILES string of the molecule is C=C(OC)/C(=C\N=C(/C)CC)OC. The molecule has 0 saturated heterocycles. The summed E-state index contributed by atoms with van der Waals surface area (Å²) in [5, 5.41) is 0. The maximum atomic E-state index is 5.03. The molecule has 0 aliphatic heterocycles. The summed E-state index contributed by atoms with van der Waals surface area (Å²) in [7, 11) is 3.11. The van der Waals surface area contributed by atoms with Gasteiger partial charge in [0.25, 0.3) is 0 Å². The van der Waals surface area contributed by atoms with Crippen molar-refractivity contribution in [3.05, 3.63) is 24.3 Å². The molecule has 0 aromatic rings. The van der Waals surface area contributed by atoms with Crippen molar-refractivity contribution in [2.45, 2.75) is 20.3 Å². The molecular formula is C10H17NO2. The molecule has 0 saturated carbocycles. The highest BCUT2D eigenvalue weighted by Gasteiger charge is 2.00. The molecule has 0 radical (unpaired) electrons. The van der Waals surface area contributed by atoms with Gasteiger partial charge in [0.15, 0.2) is 11.5 Å². The standard InChI is InChI=1S/C10H17NO2/c1-6-8(2)11-7-10(13-5)9(3)12-4/h7H,3,6H2,1-2,4-5H3/b10-7+,11-8+. The number of methoxy groups -OCH3 is 2. The van der Waals surface area contributed by atoms with Crippen LogP contribution in [0.2, 0.25) is 0 Å². The number of aliphatic imine (C=N–C) groups is 1. The summed E-state index contributed by atoms with van der Waals surface area (Å²) in [4.78, 5) is 4.17.